The maximum atomic E-state index is 5.30. The van der Waals surface area contributed by atoms with Gasteiger partial charge in [-0.05, 0) is 6.42 Å². The summed E-state index contributed by atoms with van der Waals surface area (Å²) in [4.78, 5) is 0. The largest absolute Gasteiger partial charge is 0.319 e. The molecule has 0 amide bonds. The van der Waals surface area contributed by atoms with Gasteiger partial charge >= 0.3 is 0 Å². The Balaban J connectivity index is 2.98. The van der Waals surface area contributed by atoms with E-state index in [-0.39, 0.29) is 0 Å². The molecule has 0 heterocycles. The summed E-state index contributed by atoms with van der Waals surface area (Å²) in [6.45, 7) is 6.45. The van der Waals surface area contributed by atoms with E-state index in [4.69, 9.17) is 5.84 Å². The summed E-state index contributed by atoms with van der Waals surface area (Å²) in [6.07, 6.45) is 2.69. The summed E-state index contributed by atoms with van der Waals surface area (Å²) in [6, 6.07) is 0. The number of hydrogen-bond donors (Lipinski definition) is 1. The highest BCUT2D eigenvalue weighted by molar-refractivity contribution is 4.62. The molecular weight excluding hydrogens is 88.1 g/mol. The van der Waals surface area contributed by atoms with Crippen molar-refractivity contribution < 1.29 is 0 Å². The lowest BCUT2D eigenvalue weighted by Gasteiger charge is -2.08. The monoisotopic (exact) mass is 100 g/mol. The predicted molar refractivity (Wildman–Crippen MR) is 31.4 cm³/mol. The second-order valence-electron chi connectivity index (χ2n) is 1.42. The zero-order valence-electron chi connectivity index (χ0n) is 4.72. The maximum Gasteiger partial charge on any atom is 0.0332 e. The maximum absolute atomic E-state index is 5.30. The first kappa shape index (κ1) is 6.50. The summed E-state index contributed by atoms with van der Waals surface area (Å²) in [5, 5.41) is 1.57. The van der Waals surface area contributed by atoms with Gasteiger partial charge in [0, 0.05) is 12.7 Å². The van der Waals surface area contributed by atoms with Gasteiger partial charge < -0.3 is 5.01 Å². The Morgan fingerprint density at radius 3 is 2.57 bits per heavy atom. The molecule has 0 aromatic heterocycles. The molecule has 0 aromatic rings. The molecule has 0 rings (SSSR count). The lowest BCUT2D eigenvalue weighted by atomic mass is 10.5. The van der Waals surface area contributed by atoms with Crippen LogP contribution in [0, 0.1) is 0 Å². The van der Waals surface area contributed by atoms with Crippen molar-refractivity contribution in [1.82, 2.24) is 5.01 Å². The number of nitrogens with two attached hydrogens (primary N) is 1. The molecule has 0 atom stereocenters. The Morgan fingerprint density at radius 2 is 2.43 bits per heavy atom. The summed E-state index contributed by atoms with van der Waals surface area (Å²) < 4.78 is 0. The van der Waals surface area contributed by atoms with Gasteiger partial charge in [0.05, 0.1) is 0 Å². The summed E-state index contributed by atoms with van der Waals surface area (Å²) in [5.74, 6) is 5.30. The van der Waals surface area contributed by atoms with Crippen LogP contribution in [0.3, 0.4) is 0 Å². The highest BCUT2D eigenvalue weighted by Gasteiger charge is 1.81. The molecule has 0 aliphatic carbocycles. The highest BCUT2D eigenvalue weighted by atomic mass is 15.4. The zero-order chi connectivity index (χ0) is 5.70. The molecule has 2 N–H and O–H groups in total. The van der Waals surface area contributed by atoms with E-state index in [0.717, 1.165) is 13.0 Å². The SMILES string of the molecule is C=CN(N)CCC. The van der Waals surface area contributed by atoms with Crippen molar-refractivity contribution in [1.29, 1.82) is 0 Å². The fraction of sp³-hybridized carbons (Fsp3) is 0.600. The first-order valence-electron chi connectivity index (χ1n) is 2.45. The molecular formula is C5H12N2. The van der Waals surface area contributed by atoms with Crippen LogP contribution in [0.2, 0.25) is 0 Å². The Kier molecular flexibility index (Phi) is 3.42. The van der Waals surface area contributed by atoms with Gasteiger partial charge in [0.25, 0.3) is 0 Å². The van der Waals surface area contributed by atoms with E-state index in [2.05, 4.69) is 13.5 Å². The zero-order valence-corrected chi connectivity index (χ0v) is 4.72. The third-order valence-corrected chi connectivity index (χ3v) is 0.716. The molecule has 0 aromatic carbocycles. The van der Waals surface area contributed by atoms with Gasteiger partial charge in [-0.1, -0.05) is 13.5 Å². The van der Waals surface area contributed by atoms with Crippen molar-refractivity contribution in [2.24, 2.45) is 5.84 Å². The van der Waals surface area contributed by atoms with Crippen molar-refractivity contribution in [2.45, 2.75) is 13.3 Å². The molecule has 0 radical (unpaired) electrons. The van der Waals surface area contributed by atoms with Crippen LogP contribution in [0.15, 0.2) is 12.8 Å². The fourth-order valence-corrected chi connectivity index (χ4v) is 0.349. The van der Waals surface area contributed by atoms with Gasteiger partial charge in [-0.15, -0.1) is 0 Å². The minimum atomic E-state index is 0.892. The van der Waals surface area contributed by atoms with E-state index in [1.165, 1.54) is 0 Å². The topological polar surface area (TPSA) is 29.3 Å². The van der Waals surface area contributed by atoms with E-state index in [1.54, 1.807) is 11.2 Å². The first-order valence-corrected chi connectivity index (χ1v) is 2.45. The molecule has 2 heteroatoms. The van der Waals surface area contributed by atoms with Crippen LogP contribution < -0.4 is 5.84 Å². The number of rotatable bonds is 3. The van der Waals surface area contributed by atoms with Gasteiger partial charge in [0.15, 0.2) is 0 Å². The minimum Gasteiger partial charge on any atom is -0.319 e. The fourth-order valence-electron chi connectivity index (χ4n) is 0.349. The van der Waals surface area contributed by atoms with Crippen LogP contribution in [0.5, 0.6) is 0 Å². The van der Waals surface area contributed by atoms with E-state index in [0.29, 0.717) is 0 Å². The third kappa shape index (κ3) is 3.33. The van der Waals surface area contributed by atoms with E-state index >= 15 is 0 Å². The van der Waals surface area contributed by atoms with Crippen LogP contribution in [-0.2, 0) is 0 Å². The highest BCUT2D eigenvalue weighted by Crippen LogP contribution is 1.79. The minimum absolute atomic E-state index is 0.892. The van der Waals surface area contributed by atoms with E-state index < -0.39 is 0 Å². The molecule has 2 nitrogen and oxygen atoms in total. The molecule has 0 aliphatic heterocycles. The van der Waals surface area contributed by atoms with Crippen LogP contribution in [0.1, 0.15) is 13.3 Å². The molecule has 0 spiro atoms. The first-order chi connectivity index (χ1) is 3.31. The molecule has 0 aliphatic rings. The Labute approximate surface area is 44.6 Å². The Bertz CT molecular complexity index is 52.0. The number of nitrogens with zero attached hydrogens (tertiary/aromatic N) is 1. The average Bonchev–Trinajstić information content (AvgIpc) is 1.68. The number of hydrazine groups is 1. The molecule has 42 valence electrons. The van der Waals surface area contributed by atoms with Crippen molar-refractivity contribution in [3.8, 4) is 0 Å². The van der Waals surface area contributed by atoms with Gasteiger partial charge in [-0.2, -0.15) is 0 Å². The quantitative estimate of drug-likeness (QED) is 0.418. The van der Waals surface area contributed by atoms with E-state index in [1.807, 2.05) is 0 Å². The number of hydrogen-bond acceptors (Lipinski definition) is 2. The van der Waals surface area contributed by atoms with Crippen LogP contribution in [-0.4, -0.2) is 11.6 Å². The standard InChI is InChI=1S/C5H12N2/c1-3-5-7(6)4-2/h4H,2-3,5-6H2,1H3. The van der Waals surface area contributed by atoms with Crippen LogP contribution in [0.25, 0.3) is 0 Å². The summed E-state index contributed by atoms with van der Waals surface area (Å²) in [5.41, 5.74) is 0. The second-order valence-corrected chi connectivity index (χ2v) is 1.42. The molecule has 7 heavy (non-hydrogen) atoms. The van der Waals surface area contributed by atoms with Gasteiger partial charge in [-0.3, -0.25) is 0 Å². The van der Waals surface area contributed by atoms with Crippen LogP contribution in [0.4, 0.5) is 0 Å². The Hall–Kier alpha value is -0.500. The molecule has 0 saturated heterocycles. The molecule has 0 fully saturated rings. The lowest BCUT2D eigenvalue weighted by molar-refractivity contribution is 0.395. The predicted octanol–water partition coefficient (Wildman–Crippen LogP) is 0.716. The third-order valence-electron chi connectivity index (χ3n) is 0.716. The normalized spacial score (nSPS) is 8.29. The van der Waals surface area contributed by atoms with E-state index in [9.17, 15) is 0 Å². The van der Waals surface area contributed by atoms with Gasteiger partial charge in [-0.25, -0.2) is 5.84 Å². The van der Waals surface area contributed by atoms with Gasteiger partial charge in [0.1, 0.15) is 0 Å². The van der Waals surface area contributed by atoms with Crippen molar-refractivity contribution >= 4 is 0 Å². The summed E-state index contributed by atoms with van der Waals surface area (Å²) >= 11 is 0. The smallest absolute Gasteiger partial charge is 0.0332 e. The van der Waals surface area contributed by atoms with Gasteiger partial charge in [0.2, 0.25) is 0 Å². The molecule has 0 bridgehead atoms. The van der Waals surface area contributed by atoms with Crippen molar-refractivity contribution in [3.05, 3.63) is 12.8 Å². The molecule has 0 saturated carbocycles. The summed E-state index contributed by atoms with van der Waals surface area (Å²) in [7, 11) is 0. The average molecular weight is 100 g/mol. The Morgan fingerprint density at radius 1 is 1.86 bits per heavy atom. The second kappa shape index (κ2) is 3.68. The van der Waals surface area contributed by atoms with Crippen molar-refractivity contribution in [3.63, 3.8) is 0 Å². The van der Waals surface area contributed by atoms with Crippen molar-refractivity contribution in [2.75, 3.05) is 6.54 Å². The molecule has 0 unspecified atom stereocenters. The van der Waals surface area contributed by atoms with Crippen LogP contribution >= 0.6 is 0 Å². The lowest BCUT2D eigenvalue weighted by Crippen LogP contribution is -2.24.